The first kappa shape index (κ1) is 17.6. The summed E-state index contributed by atoms with van der Waals surface area (Å²) in [6.45, 7) is 8.69. The molecular formula is C21H25N3O3. The molecule has 27 heavy (non-hydrogen) atoms. The van der Waals surface area contributed by atoms with Gasteiger partial charge in [-0.15, -0.1) is 6.58 Å². The molecule has 3 heterocycles. The van der Waals surface area contributed by atoms with Gasteiger partial charge in [0, 0.05) is 41.0 Å². The fourth-order valence-corrected chi connectivity index (χ4v) is 4.28. The van der Waals surface area contributed by atoms with Gasteiger partial charge in [0.2, 0.25) is 11.8 Å². The van der Waals surface area contributed by atoms with Gasteiger partial charge in [-0.1, -0.05) is 19.9 Å². The molecule has 2 atom stereocenters. The Balaban J connectivity index is 1.76. The van der Waals surface area contributed by atoms with Crippen LogP contribution in [0.1, 0.15) is 37.9 Å². The maximum Gasteiger partial charge on any atom is 0.246 e. The van der Waals surface area contributed by atoms with Gasteiger partial charge in [0.25, 0.3) is 0 Å². The van der Waals surface area contributed by atoms with Gasteiger partial charge in [0.1, 0.15) is 17.8 Å². The number of amides is 2. The van der Waals surface area contributed by atoms with Gasteiger partial charge < -0.3 is 20.3 Å². The van der Waals surface area contributed by atoms with E-state index in [1.165, 1.54) is 0 Å². The zero-order valence-electron chi connectivity index (χ0n) is 15.7. The third-order valence-corrected chi connectivity index (χ3v) is 5.91. The largest absolute Gasteiger partial charge is 0.508 e. The number of carbonyl (C=O) groups excluding carboxylic acids is 2. The summed E-state index contributed by atoms with van der Waals surface area (Å²) < 4.78 is 0. The lowest BCUT2D eigenvalue weighted by atomic mass is 9.84. The Kier molecular flexibility index (Phi) is 4.02. The zero-order valence-corrected chi connectivity index (χ0v) is 15.7. The second-order valence-corrected chi connectivity index (χ2v) is 8.09. The fourth-order valence-electron chi connectivity index (χ4n) is 4.28. The SMILES string of the molecule is C=CC(C)(C)c1[nH]c2cc(O)ccc2c1CC1NC(=O)C2CCCN2C1=O. The molecule has 1 aromatic carbocycles. The van der Waals surface area contributed by atoms with E-state index in [1.807, 2.05) is 26.0 Å². The molecular weight excluding hydrogens is 342 g/mol. The number of aromatic hydroxyl groups is 1. The number of piperazine rings is 1. The van der Waals surface area contributed by atoms with Gasteiger partial charge in [0.15, 0.2) is 0 Å². The molecule has 142 valence electrons. The number of phenolic OH excluding ortho intramolecular Hbond substituents is 1. The minimum Gasteiger partial charge on any atom is -0.508 e. The highest BCUT2D eigenvalue weighted by Crippen LogP contribution is 2.35. The minimum atomic E-state index is -0.570. The summed E-state index contributed by atoms with van der Waals surface area (Å²) in [5.74, 6) is 0.118. The molecule has 0 radical (unpaired) electrons. The summed E-state index contributed by atoms with van der Waals surface area (Å²) >= 11 is 0. The number of rotatable bonds is 4. The molecule has 2 aliphatic rings. The van der Waals surface area contributed by atoms with Crippen molar-refractivity contribution in [3.8, 4) is 5.75 Å². The van der Waals surface area contributed by atoms with Gasteiger partial charge in [-0.05, 0) is 30.5 Å². The van der Waals surface area contributed by atoms with Crippen LogP contribution in [0.25, 0.3) is 10.9 Å². The molecule has 0 bridgehead atoms. The number of hydrogen-bond donors (Lipinski definition) is 3. The van der Waals surface area contributed by atoms with Gasteiger partial charge >= 0.3 is 0 Å². The number of fused-ring (bicyclic) bond motifs is 2. The van der Waals surface area contributed by atoms with Crippen LogP contribution in [0.15, 0.2) is 30.9 Å². The summed E-state index contributed by atoms with van der Waals surface area (Å²) in [5.41, 5.74) is 2.39. The molecule has 2 unspecified atom stereocenters. The Bertz CT molecular complexity index is 944. The molecule has 2 aliphatic heterocycles. The Morgan fingerprint density at radius 1 is 1.37 bits per heavy atom. The van der Waals surface area contributed by atoms with Crippen LogP contribution < -0.4 is 5.32 Å². The van der Waals surface area contributed by atoms with Crippen LogP contribution in [0.3, 0.4) is 0 Å². The van der Waals surface area contributed by atoms with Crippen molar-refractivity contribution in [1.82, 2.24) is 15.2 Å². The number of nitrogens with zero attached hydrogens (tertiary/aromatic N) is 1. The van der Waals surface area contributed by atoms with Crippen molar-refractivity contribution < 1.29 is 14.7 Å². The Hall–Kier alpha value is -2.76. The summed E-state index contributed by atoms with van der Waals surface area (Å²) in [5, 5.41) is 13.7. The number of aromatic nitrogens is 1. The topological polar surface area (TPSA) is 85.4 Å². The first-order chi connectivity index (χ1) is 12.8. The fraction of sp³-hybridized carbons (Fsp3) is 0.429. The van der Waals surface area contributed by atoms with Crippen LogP contribution >= 0.6 is 0 Å². The monoisotopic (exact) mass is 367 g/mol. The molecule has 0 aliphatic carbocycles. The summed E-state index contributed by atoms with van der Waals surface area (Å²) in [6.07, 6.45) is 3.88. The average molecular weight is 367 g/mol. The first-order valence-electron chi connectivity index (χ1n) is 9.40. The predicted octanol–water partition coefficient (Wildman–Crippen LogP) is 2.37. The maximum absolute atomic E-state index is 12.9. The van der Waals surface area contributed by atoms with Crippen molar-refractivity contribution in [1.29, 1.82) is 0 Å². The Labute approximate surface area is 158 Å². The smallest absolute Gasteiger partial charge is 0.246 e. The van der Waals surface area contributed by atoms with Crippen LogP contribution in [-0.2, 0) is 21.4 Å². The normalized spacial score (nSPS) is 22.8. The number of carbonyl (C=O) groups is 2. The average Bonchev–Trinajstić information content (AvgIpc) is 3.25. The summed E-state index contributed by atoms with van der Waals surface area (Å²) in [4.78, 5) is 30.5. The maximum atomic E-state index is 12.9. The zero-order chi connectivity index (χ0) is 19.3. The number of hydrogen-bond acceptors (Lipinski definition) is 3. The van der Waals surface area contributed by atoms with Crippen molar-refractivity contribution in [3.05, 3.63) is 42.1 Å². The van der Waals surface area contributed by atoms with E-state index in [-0.39, 0.29) is 29.0 Å². The molecule has 0 spiro atoms. The van der Waals surface area contributed by atoms with E-state index >= 15 is 0 Å². The molecule has 2 amide bonds. The van der Waals surface area contributed by atoms with E-state index in [1.54, 1.807) is 17.0 Å². The van der Waals surface area contributed by atoms with Gasteiger partial charge in [0.05, 0.1) is 0 Å². The molecule has 2 fully saturated rings. The molecule has 2 aromatic rings. The van der Waals surface area contributed by atoms with Crippen LogP contribution in [0.5, 0.6) is 5.75 Å². The van der Waals surface area contributed by atoms with Gasteiger partial charge in [-0.25, -0.2) is 0 Å². The van der Waals surface area contributed by atoms with Crippen molar-refractivity contribution in [2.24, 2.45) is 0 Å². The number of H-pyrrole nitrogens is 1. The van der Waals surface area contributed by atoms with E-state index in [9.17, 15) is 14.7 Å². The highest BCUT2D eigenvalue weighted by molar-refractivity contribution is 5.98. The van der Waals surface area contributed by atoms with Crippen LogP contribution in [0.4, 0.5) is 0 Å². The number of benzene rings is 1. The molecule has 6 nitrogen and oxygen atoms in total. The lowest BCUT2D eigenvalue weighted by molar-refractivity contribution is -0.146. The van der Waals surface area contributed by atoms with Crippen molar-refractivity contribution in [2.75, 3.05) is 6.54 Å². The standard InChI is InChI=1S/C21H25N3O3/c1-4-21(2,3)18-14(13-8-7-12(25)10-15(13)22-18)11-16-20(27)24-9-5-6-17(24)19(26)23-16/h4,7-8,10,16-17,22,25H,1,5-6,9,11H2,2-3H3,(H,23,26). The van der Waals surface area contributed by atoms with Crippen molar-refractivity contribution >= 4 is 22.7 Å². The third kappa shape index (κ3) is 2.80. The summed E-state index contributed by atoms with van der Waals surface area (Å²) in [7, 11) is 0. The number of aromatic amines is 1. The lowest BCUT2D eigenvalue weighted by Crippen LogP contribution is -2.61. The summed E-state index contributed by atoms with van der Waals surface area (Å²) in [6, 6.07) is 4.30. The van der Waals surface area contributed by atoms with Crippen molar-refractivity contribution in [2.45, 2.75) is 50.6 Å². The van der Waals surface area contributed by atoms with Gasteiger partial charge in [-0.3, -0.25) is 9.59 Å². The van der Waals surface area contributed by atoms with E-state index < -0.39 is 6.04 Å². The third-order valence-electron chi connectivity index (χ3n) is 5.91. The van der Waals surface area contributed by atoms with E-state index in [0.717, 1.165) is 35.0 Å². The van der Waals surface area contributed by atoms with Crippen LogP contribution in [-0.4, -0.2) is 45.4 Å². The number of phenols is 1. The predicted molar refractivity (Wildman–Crippen MR) is 104 cm³/mol. The molecule has 2 saturated heterocycles. The number of nitrogens with one attached hydrogen (secondary N) is 2. The van der Waals surface area contributed by atoms with Gasteiger partial charge in [-0.2, -0.15) is 0 Å². The molecule has 6 heteroatoms. The second-order valence-electron chi connectivity index (χ2n) is 8.09. The lowest BCUT2D eigenvalue weighted by Gasteiger charge is -2.35. The first-order valence-corrected chi connectivity index (χ1v) is 9.40. The van der Waals surface area contributed by atoms with Crippen LogP contribution in [0, 0.1) is 0 Å². The Morgan fingerprint density at radius 3 is 2.89 bits per heavy atom. The highest BCUT2D eigenvalue weighted by atomic mass is 16.3. The molecule has 4 rings (SSSR count). The number of allylic oxidation sites excluding steroid dienone is 1. The van der Waals surface area contributed by atoms with E-state index in [2.05, 4.69) is 16.9 Å². The molecule has 0 saturated carbocycles. The highest BCUT2D eigenvalue weighted by Gasteiger charge is 2.43. The van der Waals surface area contributed by atoms with Crippen LogP contribution in [0.2, 0.25) is 0 Å². The quantitative estimate of drug-likeness (QED) is 0.725. The van der Waals surface area contributed by atoms with E-state index in [0.29, 0.717) is 13.0 Å². The van der Waals surface area contributed by atoms with Crippen molar-refractivity contribution in [3.63, 3.8) is 0 Å². The Morgan fingerprint density at radius 2 is 2.15 bits per heavy atom. The molecule has 3 N–H and O–H groups in total. The minimum absolute atomic E-state index is 0.00686. The van der Waals surface area contributed by atoms with E-state index in [4.69, 9.17) is 0 Å². The molecule has 1 aromatic heterocycles. The second kappa shape index (κ2) is 6.15.